The van der Waals surface area contributed by atoms with Gasteiger partial charge in [-0.25, -0.2) is 5.43 Å². The lowest BCUT2D eigenvalue weighted by Gasteiger charge is -2.14. The van der Waals surface area contributed by atoms with Gasteiger partial charge in [-0.2, -0.15) is 5.10 Å². The molecule has 1 aromatic carbocycles. The van der Waals surface area contributed by atoms with Crippen LogP contribution in [0.25, 0.3) is 0 Å². The van der Waals surface area contributed by atoms with E-state index < -0.39 is 6.10 Å². The van der Waals surface area contributed by atoms with E-state index in [1.807, 2.05) is 26.0 Å². The number of carbonyl (C=O) groups is 1. The van der Waals surface area contributed by atoms with E-state index in [0.717, 1.165) is 17.5 Å². The summed E-state index contributed by atoms with van der Waals surface area (Å²) in [6.07, 6.45) is 1.98. The summed E-state index contributed by atoms with van der Waals surface area (Å²) in [6.45, 7) is 9.91. The Balaban J connectivity index is 2.51. The summed E-state index contributed by atoms with van der Waals surface area (Å²) in [5.74, 6) is 0.986. The van der Waals surface area contributed by atoms with Gasteiger partial charge in [0.25, 0.3) is 5.91 Å². The Labute approximate surface area is 121 Å². The van der Waals surface area contributed by atoms with Crippen molar-refractivity contribution in [3.05, 3.63) is 29.3 Å². The lowest BCUT2D eigenvalue weighted by atomic mass is 10.1. The van der Waals surface area contributed by atoms with E-state index in [2.05, 4.69) is 30.4 Å². The summed E-state index contributed by atoms with van der Waals surface area (Å²) in [5.41, 5.74) is 4.72. The van der Waals surface area contributed by atoms with Crippen LogP contribution >= 0.6 is 0 Å². The normalized spacial score (nSPS) is 12.7. The summed E-state index contributed by atoms with van der Waals surface area (Å²) in [5, 5.41) is 3.90. The predicted octanol–water partition coefficient (Wildman–Crippen LogP) is 3.22. The molecule has 20 heavy (non-hydrogen) atoms. The Bertz CT molecular complexity index is 461. The monoisotopic (exact) mass is 276 g/mol. The maximum atomic E-state index is 11.8. The summed E-state index contributed by atoms with van der Waals surface area (Å²) < 4.78 is 5.63. The molecule has 0 spiro atoms. The Hall–Kier alpha value is -1.84. The summed E-state index contributed by atoms with van der Waals surface area (Å²) in [6, 6.07) is 5.89. The Morgan fingerprint density at radius 2 is 1.85 bits per heavy atom. The number of hydrogen-bond donors (Lipinski definition) is 1. The van der Waals surface area contributed by atoms with Gasteiger partial charge in [0.1, 0.15) is 5.75 Å². The highest BCUT2D eigenvalue weighted by molar-refractivity contribution is 5.81. The van der Waals surface area contributed by atoms with Crippen molar-refractivity contribution >= 4 is 12.1 Å². The first-order valence-corrected chi connectivity index (χ1v) is 6.95. The second-order valence-electron chi connectivity index (χ2n) is 5.50. The molecule has 110 valence electrons. The van der Waals surface area contributed by atoms with Crippen molar-refractivity contribution in [3.63, 3.8) is 0 Å². The molecule has 1 N–H and O–H groups in total. The van der Waals surface area contributed by atoms with Crippen LogP contribution in [0.2, 0.25) is 0 Å². The maximum absolute atomic E-state index is 11.8. The second kappa shape index (κ2) is 7.68. The fourth-order valence-corrected chi connectivity index (χ4v) is 1.72. The second-order valence-corrected chi connectivity index (χ2v) is 5.50. The van der Waals surface area contributed by atoms with Crippen LogP contribution in [-0.2, 0) is 4.79 Å². The maximum Gasteiger partial charge on any atom is 0.280 e. The standard InChI is InChI=1S/C16H24N2O2/c1-11(2)6-7-17-18-16(19)14(5)20-15-9-12(3)8-13(4)10-15/h7-11,14H,6H2,1-5H3,(H,18,19)/b17-7+/t14-/m1/s1. The quantitative estimate of drug-likeness (QED) is 0.640. The van der Waals surface area contributed by atoms with E-state index in [9.17, 15) is 4.79 Å². The third-order valence-electron chi connectivity index (χ3n) is 2.72. The number of hydrazone groups is 1. The zero-order chi connectivity index (χ0) is 15.1. The number of nitrogens with zero attached hydrogens (tertiary/aromatic N) is 1. The summed E-state index contributed by atoms with van der Waals surface area (Å²) >= 11 is 0. The van der Waals surface area contributed by atoms with Crippen LogP contribution < -0.4 is 10.2 Å². The van der Waals surface area contributed by atoms with E-state index in [0.29, 0.717) is 11.7 Å². The highest BCUT2D eigenvalue weighted by Crippen LogP contribution is 2.17. The fraction of sp³-hybridized carbons (Fsp3) is 0.500. The van der Waals surface area contributed by atoms with Gasteiger partial charge in [-0.1, -0.05) is 19.9 Å². The molecular weight excluding hydrogens is 252 g/mol. The first-order valence-electron chi connectivity index (χ1n) is 6.95. The summed E-state index contributed by atoms with van der Waals surface area (Å²) in [7, 11) is 0. The lowest BCUT2D eigenvalue weighted by Crippen LogP contribution is -2.33. The number of ether oxygens (including phenoxy) is 1. The van der Waals surface area contributed by atoms with Gasteiger partial charge in [0, 0.05) is 6.21 Å². The number of carbonyl (C=O) groups excluding carboxylic acids is 1. The number of nitrogens with one attached hydrogen (secondary N) is 1. The third-order valence-corrected chi connectivity index (χ3v) is 2.72. The van der Waals surface area contributed by atoms with Crippen LogP contribution in [0.3, 0.4) is 0 Å². The minimum atomic E-state index is -0.576. The molecule has 1 atom stereocenters. The number of hydrogen-bond acceptors (Lipinski definition) is 3. The molecule has 0 saturated carbocycles. The fourth-order valence-electron chi connectivity index (χ4n) is 1.72. The van der Waals surface area contributed by atoms with Crippen molar-refractivity contribution in [2.24, 2.45) is 11.0 Å². The molecule has 0 radical (unpaired) electrons. The van der Waals surface area contributed by atoms with Gasteiger partial charge >= 0.3 is 0 Å². The molecule has 1 rings (SSSR count). The van der Waals surface area contributed by atoms with Crippen molar-refractivity contribution in [1.29, 1.82) is 0 Å². The van der Waals surface area contributed by atoms with Gasteiger partial charge in [-0.3, -0.25) is 4.79 Å². The summed E-state index contributed by atoms with van der Waals surface area (Å²) in [4.78, 5) is 11.8. The molecule has 0 heterocycles. The lowest BCUT2D eigenvalue weighted by molar-refractivity contribution is -0.127. The first-order chi connectivity index (χ1) is 9.38. The highest BCUT2D eigenvalue weighted by atomic mass is 16.5. The minimum Gasteiger partial charge on any atom is -0.481 e. The molecule has 4 heteroatoms. The van der Waals surface area contributed by atoms with Crippen LogP contribution in [0.15, 0.2) is 23.3 Å². The molecule has 0 bridgehead atoms. The van der Waals surface area contributed by atoms with Crippen LogP contribution in [0, 0.1) is 19.8 Å². The largest absolute Gasteiger partial charge is 0.481 e. The average molecular weight is 276 g/mol. The molecule has 0 aliphatic carbocycles. The Morgan fingerprint density at radius 3 is 2.40 bits per heavy atom. The molecule has 1 amide bonds. The predicted molar refractivity (Wildman–Crippen MR) is 82.1 cm³/mol. The zero-order valence-corrected chi connectivity index (χ0v) is 12.9. The van der Waals surface area contributed by atoms with Crippen LogP contribution in [0.5, 0.6) is 5.75 Å². The van der Waals surface area contributed by atoms with Crippen molar-refractivity contribution in [2.45, 2.75) is 47.1 Å². The smallest absolute Gasteiger partial charge is 0.280 e. The van der Waals surface area contributed by atoms with Gasteiger partial charge in [0.15, 0.2) is 6.10 Å². The molecule has 0 unspecified atom stereocenters. The van der Waals surface area contributed by atoms with E-state index in [1.165, 1.54) is 0 Å². The van der Waals surface area contributed by atoms with Gasteiger partial charge in [-0.05, 0) is 56.4 Å². The Kier molecular flexibility index (Phi) is 6.22. The SMILES string of the molecule is Cc1cc(C)cc(O[C@H](C)C(=O)N/N=C/CC(C)C)c1. The molecule has 1 aromatic rings. The Morgan fingerprint density at radius 1 is 1.25 bits per heavy atom. The van der Waals surface area contributed by atoms with E-state index in [-0.39, 0.29) is 5.91 Å². The van der Waals surface area contributed by atoms with Crippen molar-refractivity contribution in [2.75, 3.05) is 0 Å². The molecule has 0 aromatic heterocycles. The van der Waals surface area contributed by atoms with Crippen LogP contribution in [-0.4, -0.2) is 18.2 Å². The minimum absolute atomic E-state index is 0.246. The molecule has 0 saturated heterocycles. The first kappa shape index (κ1) is 16.2. The van der Waals surface area contributed by atoms with Crippen molar-refractivity contribution < 1.29 is 9.53 Å². The number of amides is 1. The van der Waals surface area contributed by atoms with Gasteiger partial charge < -0.3 is 4.74 Å². The molecule has 0 fully saturated rings. The average Bonchev–Trinajstić information content (AvgIpc) is 2.32. The molecule has 4 nitrogen and oxygen atoms in total. The van der Waals surface area contributed by atoms with Crippen molar-refractivity contribution in [3.8, 4) is 5.75 Å². The zero-order valence-electron chi connectivity index (χ0n) is 12.9. The molecular formula is C16H24N2O2. The highest BCUT2D eigenvalue weighted by Gasteiger charge is 2.14. The topological polar surface area (TPSA) is 50.7 Å². The number of rotatable bonds is 6. The van der Waals surface area contributed by atoms with Gasteiger partial charge in [-0.15, -0.1) is 0 Å². The van der Waals surface area contributed by atoms with E-state index in [1.54, 1.807) is 13.1 Å². The van der Waals surface area contributed by atoms with Gasteiger partial charge in [0.05, 0.1) is 0 Å². The number of benzene rings is 1. The third kappa shape index (κ3) is 5.87. The van der Waals surface area contributed by atoms with E-state index in [4.69, 9.17) is 4.74 Å². The van der Waals surface area contributed by atoms with Gasteiger partial charge in [0.2, 0.25) is 0 Å². The number of aryl methyl sites for hydroxylation is 2. The molecule has 0 aliphatic heterocycles. The van der Waals surface area contributed by atoms with Crippen LogP contribution in [0.4, 0.5) is 0 Å². The van der Waals surface area contributed by atoms with Crippen LogP contribution in [0.1, 0.15) is 38.3 Å². The molecule has 0 aliphatic rings. The van der Waals surface area contributed by atoms with E-state index >= 15 is 0 Å². The van der Waals surface area contributed by atoms with Crippen molar-refractivity contribution in [1.82, 2.24) is 5.43 Å².